The van der Waals surface area contributed by atoms with Gasteiger partial charge in [-0.15, -0.1) is 6.42 Å². The Hall–Kier alpha value is -2.94. The number of carbonyl (C=O) groups excluding carboxylic acids is 2. The molecule has 0 atom stereocenters. The van der Waals surface area contributed by atoms with Crippen LogP contribution in [0.5, 0.6) is 0 Å². The number of terminal acetylenes is 1. The molecular weight excluding hydrogens is 282 g/mol. The van der Waals surface area contributed by atoms with Gasteiger partial charge in [-0.25, -0.2) is 9.59 Å². The summed E-state index contributed by atoms with van der Waals surface area (Å²) < 4.78 is 4.99. The molecule has 1 aromatic carbocycles. The number of nitrogens with one attached hydrogen (secondary N) is 3. The van der Waals surface area contributed by atoms with Gasteiger partial charge < -0.3 is 20.7 Å². The summed E-state index contributed by atoms with van der Waals surface area (Å²) in [6, 6.07) is 6.98. The molecule has 0 fully saturated rings. The Balaban J connectivity index is 2.14. The first-order chi connectivity index (χ1) is 10.6. The highest BCUT2D eigenvalue weighted by molar-refractivity contribution is 5.93. The molecule has 1 aliphatic rings. The van der Waals surface area contributed by atoms with Crippen molar-refractivity contribution in [1.29, 1.82) is 0 Å². The van der Waals surface area contributed by atoms with E-state index in [2.05, 4.69) is 21.9 Å². The smallest absolute Gasteiger partial charge is 0.337 e. The van der Waals surface area contributed by atoms with Crippen LogP contribution in [-0.4, -0.2) is 31.7 Å². The molecule has 0 unspecified atom stereocenters. The van der Waals surface area contributed by atoms with Gasteiger partial charge in [-0.2, -0.15) is 0 Å². The third-order valence-corrected chi connectivity index (χ3v) is 3.07. The van der Waals surface area contributed by atoms with E-state index in [-0.39, 0.29) is 25.7 Å². The lowest BCUT2D eigenvalue weighted by Crippen LogP contribution is -2.45. The fraction of sp³-hybridized carbons (Fsp3) is 0.250. The quantitative estimate of drug-likeness (QED) is 0.564. The first kappa shape index (κ1) is 15.4. The predicted molar refractivity (Wildman–Crippen MR) is 83.1 cm³/mol. The Morgan fingerprint density at radius 3 is 3.05 bits per heavy atom. The molecule has 1 heterocycles. The van der Waals surface area contributed by atoms with E-state index in [0.29, 0.717) is 11.3 Å². The van der Waals surface area contributed by atoms with Crippen molar-refractivity contribution in [2.45, 2.75) is 6.92 Å². The second-order valence-corrected chi connectivity index (χ2v) is 4.56. The summed E-state index contributed by atoms with van der Waals surface area (Å²) in [6.07, 6.45) is 5.36. The number of hydrogen-bond acceptors (Lipinski definition) is 4. The molecule has 114 valence electrons. The number of esters is 1. The van der Waals surface area contributed by atoms with Gasteiger partial charge in [-0.05, 0) is 25.1 Å². The summed E-state index contributed by atoms with van der Waals surface area (Å²) in [6.45, 7) is 2.44. The summed E-state index contributed by atoms with van der Waals surface area (Å²) in [5.74, 6) is 2.11. The number of benzene rings is 1. The van der Waals surface area contributed by atoms with E-state index in [4.69, 9.17) is 11.2 Å². The van der Waals surface area contributed by atoms with Gasteiger partial charge in [0.25, 0.3) is 0 Å². The Kier molecular flexibility index (Phi) is 5.04. The van der Waals surface area contributed by atoms with Gasteiger partial charge in [-0.3, -0.25) is 0 Å². The normalized spacial score (nSPS) is 13.7. The molecular formula is C16H17N3O3. The van der Waals surface area contributed by atoms with Crippen LogP contribution in [0.2, 0.25) is 0 Å². The molecule has 0 aromatic heterocycles. The Morgan fingerprint density at radius 1 is 1.50 bits per heavy atom. The van der Waals surface area contributed by atoms with E-state index >= 15 is 0 Å². The standard InChI is InChI=1S/C16H17N3O3/c1-3-11-6-5-7-12(8-11)17-10-14-13(15(20)22-4-2)9-18-16(21)19-14/h1,5-8,17H,4,9-10H2,2H3,(H2,18,19,21). The van der Waals surface area contributed by atoms with Crippen LogP contribution in [0, 0.1) is 12.3 Å². The molecule has 2 amide bonds. The summed E-state index contributed by atoms with van der Waals surface area (Å²) >= 11 is 0. The molecule has 1 aromatic rings. The average molecular weight is 299 g/mol. The van der Waals surface area contributed by atoms with E-state index in [1.165, 1.54) is 0 Å². The van der Waals surface area contributed by atoms with Crippen molar-refractivity contribution in [2.75, 3.05) is 25.0 Å². The number of hydrogen-bond donors (Lipinski definition) is 3. The number of urea groups is 1. The third kappa shape index (κ3) is 3.79. The molecule has 22 heavy (non-hydrogen) atoms. The Bertz CT molecular complexity index is 659. The lowest BCUT2D eigenvalue weighted by molar-refractivity contribution is -0.138. The van der Waals surface area contributed by atoms with Crippen LogP contribution in [-0.2, 0) is 9.53 Å². The average Bonchev–Trinajstić information content (AvgIpc) is 2.53. The van der Waals surface area contributed by atoms with Gasteiger partial charge >= 0.3 is 12.0 Å². The third-order valence-electron chi connectivity index (χ3n) is 3.07. The molecule has 0 radical (unpaired) electrons. The van der Waals surface area contributed by atoms with Crippen LogP contribution in [0.3, 0.4) is 0 Å². The second kappa shape index (κ2) is 7.18. The molecule has 6 nitrogen and oxygen atoms in total. The highest BCUT2D eigenvalue weighted by atomic mass is 16.5. The molecule has 0 spiro atoms. The summed E-state index contributed by atoms with van der Waals surface area (Å²) in [7, 11) is 0. The zero-order valence-corrected chi connectivity index (χ0v) is 12.2. The number of carbonyl (C=O) groups is 2. The molecule has 1 aliphatic heterocycles. The number of anilines is 1. The van der Waals surface area contributed by atoms with E-state index in [1.54, 1.807) is 6.92 Å². The fourth-order valence-electron chi connectivity index (χ4n) is 2.01. The summed E-state index contributed by atoms with van der Waals surface area (Å²) in [4.78, 5) is 23.3. The predicted octanol–water partition coefficient (Wildman–Crippen LogP) is 1.21. The Morgan fingerprint density at radius 2 is 2.32 bits per heavy atom. The SMILES string of the molecule is C#Cc1cccc(NCC2=C(C(=O)OCC)CNC(=O)N2)c1. The van der Waals surface area contributed by atoms with Crippen LogP contribution in [0.15, 0.2) is 35.5 Å². The van der Waals surface area contributed by atoms with Crippen molar-refractivity contribution in [2.24, 2.45) is 0 Å². The summed E-state index contributed by atoms with van der Waals surface area (Å²) in [5, 5.41) is 8.32. The zero-order chi connectivity index (χ0) is 15.9. The fourth-order valence-corrected chi connectivity index (χ4v) is 2.01. The maximum absolute atomic E-state index is 11.9. The van der Waals surface area contributed by atoms with E-state index in [9.17, 15) is 9.59 Å². The number of amides is 2. The van der Waals surface area contributed by atoms with E-state index in [1.807, 2.05) is 24.3 Å². The highest BCUT2D eigenvalue weighted by Crippen LogP contribution is 2.13. The van der Waals surface area contributed by atoms with Crippen LogP contribution < -0.4 is 16.0 Å². The van der Waals surface area contributed by atoms with Crippen LogP contribution in [0.25, 0.3) is 0 Å². The van der Waals surface area contributed by atoms with Crippen molar-refractivity contribution in [3.8, 4) is 12.3 Å². The first-order valence-corrected chi connectivity index (χ1v) is 6.88. The summed E-state index contributed by atoms with van der Waals surface area (Å²) in [5.41, 5.74) is 2.45. The van der Waals surface area contributed by atoms with Crippen molar-refractivity contribution < 1.29 is 14.3 Å². The molecule has 0 bridgehead atoms. The lowest BCUT2D eigenvalue weighted by Gasteiger charge is -2.22. The first-order valence-electron chi connectivity index (χ1n) is 6.88. The van der Waals surface area contributed by atoms with E-state index in [0.717, 1.165) is 11.3 Å². The number of rotatable bonds is 5. The second-order valence-electron chi connectivity index (χ2n) is 4.56. The van der Waals surface area contributed by atoms with Crippen molar-refractivity contribution in [3.05, 3.63) is 41.1 Å². The van der Waals surface area contributed by atoms with Crippen molar-refractivity contribution in [1.82, 2.24) is 10.6 Å². The van der Waals surface area contributed by atoms with Crippen LogP contribution >= 0.6 is 0 Å². The lowest BCUT2D eigenvalue weighted by atomic mass is 10.1. The Labute approximate surface area is 128 Å². The minimum Gasteiger partial charge on any atom is -0.463 e. The minimum absolute atomic E-state index is 0.145. The zero-order valence-electron chi connectivity index (χ0n) is 12.2. The van der Waals surface area contributed by atoms with Crippen molar-refractivity contribution >= 4 is 17.7 Å². The van der Waals surface area contributed by atoms with Crippen LogP contribution in [0.4, 0.5) is 10.5 Å². The maximum atomic E-state index is 11.9. The molecule has 6 heteroatoms. The largest absolute Gasteiger partial charge is 0.463 e. The maximum Gasteiger partial charge on any atom is 0.337 e. The molecule has 3 N–H and O–H groups in total. The van der Waals surface area contributed by atoms with Gasteiger partial charge in [0, 0.05) is 11.3 Å². The molecule has 2 rings (SSSR count). The van der Waals surface area contributed by atoms with Gasteiger partial charge in [0.05, 0.1) is 31.0 Å². The highest BCUT2D eigenvalue weighted by Gasteiger charge is 2.23. The molecule has 0 saturated heterocycles. The van der Waals surface area contributed by atoms with Crippen molar-refractivity contribution in [3.63, 3.8) is 0 Å². The van der Waals surface area contributed by atoms with E-state index < -0.39 is 5.97 Å². The molecule has 0 saturated carbocycles. The minimum atomic E-state index is -0.441. The van der Waals surface area contributed by atoms with Crippen LogP contribution in [0.1, 0.15) is 12.5 Å². The monoisotopic (exact) mass is 299 g/mol. The van der Waals surface area contributed by atoms with Gasteiger partial charge in [0.2, 0.25) is 0 Å². The van der Waals surface area contributed by atoms with Gasteiger partial charge in [0.15, 0.2) is 0 Å². The topological polar surface area (TPSA) is 79.5 Å². The molecule has 0 aliphatic carbocycles. The number of ether oxygens (including phenoxy) is 1. The van der Waals surface area contributed by atoms with Gasteiger partial charge in [0.1, 0.15) is 0 Å². The van der Waals surface area contributed by atoms with Gasteiger partial charge in [-0.1, -0.05) is 12.0 Å².